The van der Waals surface area contributed by atoms with Crippen LogP contribution in [0, 0.1) is 13.8 Å². The molecule has 0 saturated heterocycles. The maximum Gasteiger partial charge on any atom is 0.316 e. The maximum atomic E-state index is 12.7. The van der Waals surface area contributed by atoms with E-state index >= 15 is 0 Å². The van der Waals surface area contributed by atoms with Crippen LogP contribution in [0.3, 0.4) is 0 Å². The van der Waals surface area contributed by atoms with Gasteiger partial charge in [-0.25, -0.2) is 0 Å². The summed E-state index contributed by atoms with van der Waals surface area (Å²) in [6.07, 6.45) is -0.956. The van der Waals surface area contributed by atoms with Crippen LogP contribution in [-0.4, -0.2) is 28.6 Å². The second-order valence-corrected chi connectivity index (χ2v) is 7.08. The number of ketones is 2. The Morgan fingerprint density at radius 3 is 2.15 bits per heavy atom. The average Bonchev–Trinajstić information content (AvgIpc) is 2.89. The summed E-state index contributed by atoms with van der Waals surface area (Å²) in [7, 11) is 0. The minimum absolute atomic E-state index is 0.106. The number of H-pyrrole nitrogens is 1. The number of aromatic nitrogens is 1. The number of rotatable bonds is 6. The zero-order valence-corrected chi connectivity index (χ0v) is 16.1. The standard InChI is InChI=1S/C21H25NO4/c1-12-17(14(3)23)13(2)22-18(12)19(24)15(4)26-20(25)21(5,6)16-10-8-7-9-11-16/h7-11,15,22H,1-6H3/t15-/m1/s1. The molecule has 2 rings (SSSR count). The SMILES string of the molecule is CC(=O)c1c(C)[nH]c(C(=O)[C@@H](C)OC(=O)C(C)(C)c2ccccc2)c1C. The average molecular weight is 355 g/mol. The molecule has 0 fully saturated rings. The second-order valence-electron chi connectivity index (χ2n) is 7.08. The lowest BCUT2D eigenvalue weighted by atomic mass is 9.85. The number of esters is 1. The first-order chi connectivity index (χ1) is 12.1. The minimum atomic E-state index is -0.956. The summed E-state index contributed by atoms with van der Waals surface area (Å²) in [5, 5.41) is 0. The van der Waals surface area contributed by atoms with Gasteiger partial charge in [-0.15, -0.1) is 0 Å². The molecule has 0 aliphatic carbocycles. The molecular formula is C21H25NO4. The Morgan fingerprint density at radius 2 is 1.65 bits per heavy atom. The van der Waals surface area contributed by atoms with Crippen molar-refractivity contribution in [3.63, 3.8) is 0 Å². The van der Waals surface area contributed by atoms with Gasteiger partial charge in [-0.1, -0.05) is 30.3 Å². The normalized spacial score (nSPS) is 12.5. The van der Waals surface area contributed by atoms with E-state index in [1.54, 1.807) is 34.6 Å². The third-order valence-corrected chi connectivity index (χ3v) is 4.69. The number of hydrogen-bond acceptors (Lipinski definition) is 4. The molecule has 1 N–H and O–H groups in total. The van der Waals surface area contributed by atoms with Crippen molar-refractivity contribution in [3.8, 4) is 0 Å². The van der Waals surface area contributed by atoms with Crippen LogP contribution in [0.15, 0.2) is 30.3 Å². The second kappa shape index (κ2) is 7.28. The predicted molar refractivity (Wildman–Crippen MR) is 99.6 cm³/mol. The van der Waals surface area contributed by atoms with Crippen molar-refractivity contribution in [1.82, 2.24) is 4.98 Å². The number of hydrogen-bond donors (Lipinski definition) is 1. The molecule has 1 atom stereocenters. The van der Waals surface area contributed by atoms with Gasteiger partial charge in [0.2, 0.25) is 5.78 Å². The van der Waals surface area contributed by atoms with E-state index < -0.39 is 17.5 Å². The highest BCUT2D eigenvalue weighted by Gasteiger charge is 2.34. The molecule has 0 spiro atoms. The van der Waals surface area contributed by atoms with Crippen molar-refractivity contribution >= 4 is 17.5 Å². The van der Waals surface area contributed by atoms with E-state index in [1.165, 1.54) is 6.92 Å². The lowest BCUT2D eigenvalue weighted by molar-refractivity contribution is -0.152. The van der Waals surface area contributed by atoms with Gasteiger partial charge in [-0.05, 0) is 52.7 Å². The molecule has 0 radical (unpaired) electrons. The van der Waals surface area contributed by atoms with Crippen LogP contribution < -0.4 is 0 Å². The van der Waals surface area contributed by atoms with E-state index in [9.17, 15) is 14.4 Å². The molecule has 1 heterocycles. The molecule has 0 aliphatic heterocycles. The van der Waals surface area contributed by atoms with Gasteiger partial charge < -0.3 is 9.72 Å². The minimum Gasteiger partial charge on any atom is -0.454 e. The van der Waals surface area contributed by atoms with Crippen molar-refractivity contribution in [2.75, 3.05) is 0 Å². The molecule has 2 aromatic rings. The van der Waals surface area contributed by atoms with E-state index in [-0.39, 0.29) is 11.6 Å². The zero-order chi connectivity index (χ0) is 19.6. The number of carbonyl (C=O) groups excluding carboxylic acids is 3. The Labute approximate surface area is 153 Å². The summed E-state index contributed by atoms with van der Waals surface area (Å²) in [6.45, 7) is 10.00. The van der Waals surface area contributed by atoms with E-state index in [0.717, 1.165) is 5.56 Å². The van der Waals surface area contributed by atoms with Crippen LogP contribution in [-0.2, 0) is 14.9 Å². The summed E-state index contributed by atoms with van der Waals surface area (Å²) < 4.78 is 5.46. The molecule has 0 aliphatic rings. The Kier molecular flexibility index (Phi) is 5.50. The number of carbonyl (C=O) groups is 3. The van der Waals surface area contributed by atoms with E-state index in [0.29, 0.717) is 22.5 Å². The highest BCUT2D eigenvalue weighted by molar-refractivity contribution is 6.05. The van der Waals surface area contributed by atoms with Crippen molar-refractivity contribution < 1.29 is 19.1 Å². The highest BCUT2D eigenvalue weighted by Crippen LogP contribution is 2.26. The Balaban J connectivity index is 2.21. The van der Waals surface area contributed by atoms with Gasteiger partial charge in [-0.3, -0.25) is 14.4 Å². The summed E-state index contributed by atoms with van der Waals surface area (Å²) in [5.41, 5.74) is 1.99. The zero-order valence-electron chi connectivity index (χ0n) is 16.1. The monoisotopic (exact) mass is 355 g/mol. The topological polar surface area (TPSA) is 76.2 Å². The molecule has 0 bridgehead atoms. The molecular weight excluding hydrogens is 330 g/mol. The summed E-state index contributed by atoms with van der Waals surface area (Å²) in [6, 6.07) is 9.29. The van der Waals surface area contributed by atoms with Crippen LogP contribution in [0.5, 0.6) is 0 Å². The predicted octanol–water partition coefficient (Wildman–Crippen LogP) is 3.93. The lowest BCUT2D eigenvalue weighted by Crippen LogP contribution is -2.36. The number of aromatic amines is 1. The third kappa shape index (κ3) is 3.62. The van der Waals surface area contributed by atoms with Gasteiger partial charge in [0, 0.05) is 11.3 Å². The molecule has 5 nitrogen and oxygen atoms in total. The van der Waals surface area contributed by atoms with Crippen LogP contribution >= 0.6 is 0 Å². The molecule has 5 heteroatoms. The van der Waals surface area contributed by atoms with Crippen LogP contribution in [0.2, 0.25) is 0 Å². The van der Waals surface area contributed by atoms with Crippen molar-refractivity contribution in [2.24, 2.45) is 0 Å². The Hall–Kier alpha value is -2.69. The summed E-state index contributed by atoms with van der Waals surface area (Å²) in [5.74, 6) is -0.933. The first-order valence-electron chi connectivity index (χ1n) is 8.58. The molecule has 0 amide bonds. The van der Waals surface area contributed by atoms with Gasteiger partial charge in [0.05, 0.1) is 11.1 Å². The largest absolute Gasteiger partial charge is 0.454 e. The first kappa shape index (κ1) is 19.6. The maximum absolute atomic E-state index is 12.7. The van der Waals surface area contributed by atoms with Crippen LogP contribution in [0.4, 0.5) is 0 Å². The number of ether oxygens (including phenoxy) is 1. The smallest absolute Gasteiger partial charge is 0.316 e. The lowest BCUT2D eigenvalue weighted by Gasteiger charge is -2.25. The first-order valence-corrected chi connectivity index (χ1v) is 8.58. The van der Waals surface area contributed by atoms with Gasteiger partial charge in [0.15, 0.2) is 11.9 Å². The fourth-order valence-corrected chi connectivity index (χ4v) is 3.06. The van der Waals surface area contributed by atoms with Crippen LogP contribution in [0.25, 0.3) is 0 Å². The number of aryl methyl sites for hydroxylation is 1. The van der Waals surface area contributed by atoms with Gasteiger partial charge >= 0.3 is 5.97 Å². The molecule has 1 aromatic carbocycles. The molecule has 138 valence electrons. The fraction of sp³-hybridized carbons (Fsp3) is 0.381. The molecule has 0 saturated carbocycles. The van der Waals surface area contributed by atoms with Crippen LogP contribution in [0.1, 0.15) is 65.4 Å². The van der Waals surface area contributed by atoms with Gasteiger partial charge in [-0.2, -0.15) is 0 Å². The van der Waals surface area contributed by atoms with E-state index in [2.05, 4.69) is 4.98 Å². The van der Waals surface area contributed by atoms with E-state index in [4.69, 9.17) is 4.74 Å². The molecule has 0 unspecified atom stereocenters. The Bertz CT molecular complexity index is 846. The number of Topliss-reactive ketones (excluding diaryl/α,β-unsaturated/α-hetero) is 2. The highest BCUT2D eigenvalue weighted by atomic mass is 16.5. The fourth-order valence-electron chi connectivity index (χ4n) is 3.06. The summed E-state index contributed by atoms with van der Waals surface area (Å²) >= 11 is 0. The number of benzene rings is 1. The van der Waals surface area contributed by atoms with Crippen molar-refractivity contribution in [3.05, 3.63) is 58.4 Å². The quantitative estimate of drug-likeness (QED) is 0.629. The molecule has 26 heavy (non-hydrogen) atoms. The van der Waals surface area contributed by atoms with Crippen molar-refractivity contribution in [2.45, 2.75) is 53.1 Å². The van der Waals surface area contributed by atoms with Gasteiger partial charge in [0.1, 0.15) is 0 Å². The van der Waals surface area contributed by atoms with Crippen molar-refractivity contribution in [1.29, 1.82) is 0 Å². The third-order valence-electron chi connectivity index (χ3n) is 4.69. The number of nitrogens with one attached hydrogen (secondary N) is 1. The van der Waals surface area contributed by atoms with Gasteiger partial charge in [0.25, 0.3) is 0 Å². The summed E-state index contributed by atoms with van der Waals surface area (Å²) in [4.78, 5) is 40.1. The Morgan fingerprint density at radius 1 is 1.08 bits per heavy atom. The molecule has 1 aromatic heterocycles. The van der Waals surface area contributed by atoms with E-state index in [1.807, 2.05) is 30.3 Å².